The number of phenols is 1. The second kappa shape index (κ2) is 5.07. The maximum Gasteiger partial charge on any atom is 0.231 e. The normalized spacial score (nSPS) is 14.9. The van der Waals surface area contributed by atoms with E-state index in [1.807, 2.05) is 24.3 Å². The van der Waals surface area contributed by atoms with Gasteiger partial charge in [-0.2, -0.15) is 0 Å². The van der Waals surface area contributed by atoms with Gasteiger partial charge in [-0.3, -0.25) is 0 Å². The van der Waals surface area contributed by atoms with Crippen molar-refractivity contribution in [2.75, 3.05) is 20.5 Å². The van der Waals surface area contributed by atoms with Gasteiger partial charge in [0.2, 0.25) is 6.79 Å². The van der Waals surface area contributed by atoms with Crippen LogP contribution in [-0.4, -0.2) is 25.6 Å². The van der Waals surface area contributed by atoms with Gasteiger partial charge in [0.15, 0.2) is 11.5 Å². The van der Waals surface area contributed by atoms with Gasteiger partial charge in [-0.05, 0) is 58.5 Å². The Kier molecular flexibility index (Phi) is 3.05. The van der Waals surface area contributed by atoms with E-state index < -0.39 is 0 Å². The van der Waals surface area contributed by atoms with Crippen molar-refractivity contribution in [2.24, 2.45) is 0 Å². The zero-order valence-electron chi connectivity index (χ0n) is 12.3. The van der Waals surface area contributed by atoms with Crippen LogP contribution in [0.1, 0.15) is 11.1 Å². The van der Waals surface area contributed by atoms with Gasteiger partial charge < -0.3 is 19.3 Å². The molecule has 0 saturated carbocycles. The fourth-order valence-electron chi connectivity index (χ4n) is 3.08. The molecule has 0 atom stereocenters. The Balaban J connectivity index is 1.97. The summed E-state index contributed by atoms with van der Waals surface area (Å²) in [6.07, 6.45) is 2.90. The molecule has 4 rings (SSSR count). The first-order valence-electron chi connectivity index (χ1n) is 7.20. The largest absolute Gasteiger partial charge is 0.508 e. The van der Waals surface area contributed by atoms with Crippen molar-refractivity contribution in [1.82, 2.24) is 0 Å². The highest BCUT2D eigenvalue weighted by Gasteiger charge is 2.23. The first-order chi connectivity index (χ1) is 10.8. The number of phenolic OH excluding ortho intramolecular Hbond substituents is 1. The molecule has 0 unspecified atom stereocenters. The molecule has 0 amide bonds. The second-order valence-electron chi connectivity index (χ2n) is 5.46. The third-order valence-corrected chi connectivity index (χ3v) is 4.11. The summed E-state index contributed by atoms with van der Waals surface area (Å²) in [7, 11) is 1.69. The number of hydrogen-bond donors (Lipinski definition) is 1. The Morgan fingerprint density at radius 2 is 1.82 bits per heavy atom. The van der Waals surface area contributed by atoms with E-state index >= 15 is 0 Å². The lowest BCUT2D eigenvalue weighted by Crippen LogP contribution is -1.96. The van der Waals surface area contributed by atoms with Crippen LogP contribution < -0.4 is 9.47 Å². The number of methoxy groups -OCH3 is 1. The van der Waals surface area contributed by atoms with Crippen molar-refractivity contribution >= 4 is 5.57 Å². The summed E-state index contributed by atoms with van der Waals surface area (Å²) in [6, 6.07) is 9.52. The van der Waals surface area contributed by atoms with E-state index in [1.54, 1.807) is 13.2 Å². The highest BCUT2D eigenvalue weighted by Crippen LogP contribution is 2.44. The molecule has 2 aliphatic rings. The fourth-order valence-corrected chi connectivity index (χ4v) is 3.08. The minimum absolute atomic E-state index is 0.254. The van der Waals surface area contributed by atoms with Crippen LogP contribution in [0.2, 0.25) is 0 Å². The van der Waals surface area contributed by atoms with E-state index in [-0.39, 0.29) is 12.5 Å². The molecule has 1 heterocycles. The molecular weight excluding hydrogens is 280 g/mol. The van der Waals surface area contributed by atoms with Crippen LogP contribution in [-0.2, 0) is 11.2 Å². The number of hydrogen-bond acceptors (Lipinski definition) is 4. The molecule has 0 fully saturated rings. The van der Waals surface area contributed by atoms with Gasteiger partial charge in [0.05, 0.1) is 6.61 Å². The molecular formula is C18H16O4. The lowest BCUT2D eigenvalue weighted by molar-refractivity contribution is 0.174. The molecule has 0 bridgehead atoms. The predicted octanol–water partition coefficient (Wildman–Crippen LogP) is 3.37. The SMILES string of the molecule is COCC1=CCc2cc(O)ccc2-c2cc3c(cc21)OCO3. The van der Waals surface area contributed by atoms with Crippen LogP contribution in [0.3, 0.4) is 0 Å². The Hall–Kier alpha value is -2.46. The molecule has 0 radical (unpaired) electrons. The van der Waals surface area contributed by atoms with Crippen molar-refractivity contribution in [3.63, 3.8) is 0 Å². The first kappa shape index (κ1) is 13.2. The van der Waals surface area contributed by atoms with E-state index in [0.29, 0.717) is 6.61 Å². The van der Waals surface area contributed by atoms with Crippen LogP contribution in [0.25, 0.3) is 16.7 Å². The Morgan fingerprint density at radius 1 is 1.05 bits per heavy atom. The zero-order valence-corrected chi connectivity index (χ0v) is 12.3. The Bertz CT molecular complexity index is 777. The van der Waals surface area contributed by atoms with Crippen molar-refractivity contribution < 1.29 is 19.3 Å². The van der Waals surface area contributed by atoms with Crippen molar-refractivity contribution in [3.8, 4) is 28.4 Å². The molecule has 0 spiro atoms. The molecule has 0 aromatic heterocycles. The zero-order chi connectivity index (χ0) is 15.1. The summed E-state index contributed by atoms with van der Waals surface area (Å²) >= 11 is 0. The van der Waals surface area contributed by atoms with Gasteiger partial charge in [-0.25, -0.2) is 0 Å². The van der Waals surface area contributed by atoms with Crippen LogP contribution >= 0.6 is 0 Å². The van der Waals surface area contributed by atoms with Gasteiger partial charge in [-0.1, -0.05) is 12.1 Å². The van der Waals surface area contributed by atoms with E-state index in [9.17, 15) is 5.11 Å². The Morgan fingerprint density at radius 3 is 2.59 bits per heavy atom. The quantitative estimate of drug-likeness (QED) is 0.923. The maximum absolute atomic E-state index is 9.76. The van der Waals surface area contributed by atoms with Gasteiger partial charge in [-0.15, -0.1) is 0 Å². The van der Waals surface area contributed by atoms with Crippen molar-refractivity contribution in [2.45, 2.75) is 6.42 Å². The molecule has 0 saturated heterocycles. The fraction of sp³-hybridized carbons (Fsp3) is 0.222. The van der Waals surface area contributed by atoms with Gasteiger partial charge in [0.25, 0.3) is 0 Å². The third-order valence-electron chi connectivity index (χ3n) is 4.11. The van der Waals surface area contributed by atoms with Gasteiger partial charge in [0, 0.05) is 7.11 Å². The van der Waals surface area contributed by atoms with E-state index in [1.165, 1.54) is 0 Å². The summed E-state index contributed by atoms with van der Waals surface area (Å²) in [5.74, 6) is 1.81. The van der Waals surface area contributed by atoms with E-state index in [2.05, 4.69) is 6.08 Å². The summed E-state index contributed by atoms with van der Waals surface area (Å²) in [5.41, 5.74) is 5.49. The second-order valence-corrected chi connectivity index (χ2v) is 5.46. The Labute approximate surface area is 128 Å². The predicted molar refractivity (Wildman–Crippen MR) is 83.2 cm³/mol. The number of fused-ring (bicyclic) bond motifs is 4. The topological polar surface area (TPSA) is 47.9 Å². The smallest absolute Gasteiger partial charge is 0.231 e. The van der Waals surface area contributed by atoms with Gasteiger partial charge in [0.1, 0.15) is 5.75 Å². The minimum atomic E-state index is 0.254. The molecule has 112 valence electrons. The molecule has 1 aliphatic carbocycles. The van der Waals surface area contributed by atoms with Crippen molar-refractivity contribution in [3.05, 3.63) is 47.5 Å². The number of ether oxygens (including phenoxy) is 3. The maximum atomic E-state index is 9.76. The van der Waals surface area contributed by atoms with Crippen LogP contribution in [0.5, 0.6) is 17.2 Å². The van der Waals surface area contributed by atoms with Crippen LogP contribution in [0.15, 0.2) is 36.4 Å². The van der Waals surface area contributed by atoms with E-state index in [4.69, 9.17) is 14.2 Å². The van der Waals surface area contributed by atoms with Crippen LogP contribution in [0.4, 0.5) is 0 Å². The minimum Gasteiger partial charge on any atom is -0.508 e. The van der Waals surface area contributed by atoms with Gasteiger partial charge >= 0.3 is 0 Å². The number of allylic oxidation sites excluding steroid dienone is 1. The number of rotatable bonds is 2. The standard InChI is InChI=1S/C18H16O4/c1-20-9-12-3-2-11-6-13(19)4-5-14(11)16-8-18-17(7-15(12)16)21-10-22-18/h3-8,19H,2,9-10H2,1H3. The highest BCUT2D eigenvalue weighted by atomic mass is 16.7. The van der Waals surface area contributed by atoms with Crippen molar-refractivity contribution in [1.29, 1.82) is 0 Å². The molecule has 2 aromatic rings. The lowest BCUT2D eigenvalue weighted by Gasteiger charge is -2.13. The molecule has 2 aromatic carbocycles. The third kappa shape index (κ3) is 2.04. The monoisotopic (exact) mass is 296 g/mol. The summed E-state index contributed by atoms with van der Waals surface area (Å²) in [5, 5.41) is 9.76. The average molecular weight is 296 g/mol. The molecule has 1 aliphatic heterocycles. The first-order valence-corrected chi connectivity index (χ1v) is 7.20. The molecule has 22 heavy (non-hydrogen) atoms. The number of benzene rings is 2. The molecule has 4 heteroatoms. The summed E-state index contributed by atoms with van der Waals surface area (Å²) in [4.78, 5) is 0. The molecule has 4 nitrogen and oxygen atoms in total. The van der Waals surface area contributed by atoms with Crippen LogP contribution in [0, 0.1) is 0 Å². The highest BCUT2D eigenvalue weighted by molar-refractivity contribution is 5.87. The molecule has 1 N–H and O–H groups in total. The van der Waals surface area contributed by atoms with E-state index in [0.717, 1.165) is 45.7 Å². The lowest BCUT2D eigenvalue weighted by atomic mass is 9.93. The summed E-state index contributed by atoms with van der Waals surface area (Å²) < 4.78 is 16.4. The average Bonchev–Trinajstić information content (AvgIpc) is 2.92. The number of aromatic hydroxyl groups is 1. The summed E-state index contributed by atoms with van der Waals surface area (Å²) in [6.45, 7) is 0.788.